The van der Waals surface area contributed by atoms with Crippen LogP contribution in [-0.4, -0.2) is 19.7 Å². The minimum Gasteiger partial charge on any atom is -0.492 e. The van der Waals surface area contributed by atoms with Gasteiger partial charge >= 0.3 is 0 Å². The molecule has 90 valence electrons. The summed E-state index contributed by atoms with van der Waals surface area (Å²) in [5, 5.41) is 4.06. The molecule has 1 aromatic rings. The molecular formula is C11H14Cl2INO. The van der Waals surface area contributed by atoms with Crippen LogP contribution in [0, 0.1) is 9.49 Å². The quantitative estimate of drug-likeness (QED) is 0.820. The SMILES string of the molecule is Cl.Clc1ccc(I)c(OCC2CCNC2)c1. The van der Waals surface area contributed by atoms with Gasteiger partial charge in [-0.1, -0.05) is 11.6 Å². The number of hydrogen-bond donors (Lipinski definition) is 1. The van der Waals surface area contributed by atoms with Crippen LogP contribution in [0.2, 0.25) is 5.02 Å². The van der Waals surface area contributed by atoms with E-state index in [2.05, 4.69) is 27.9 Å². The first-order valence-corrected chi connectivity index (χ1v) is 6.50. The molecule has 0 bridgehead atoms. The molecule has 1 saturated heterocycles. The Kier molecular flexibility index (Phi) is 6.18. The van der Waals surface area contributed by atoms with E-state index in [4.69, 9.17) is 16.3 Å². The van der Waals surface area contributed by atoms with Crippen molar-refractivity contribution in [3.8, 4) is 5.75 Å². The number of ether oxygens (including phenoxy) is 1. The van der Waals surface area contributed by atoms with Crippen LogP contribution in [0.15, 0.2) is 18.2 Å². The van der Waals surface area contributed by atoms with E-state index in [0.717, 1.165) is 34.0 Å². The molecule has 1 aromatic carbocycles. The van der Waals surface area contributed by atoms with Crippen LogP contribution in [-0.2, 0) is 0 Å². The zero-order valence-electron chi connectivity index (χ0n) is 8.71. The van der Waals surface area contributed by atoms with Crippen molar-refractivity contribution < 1.29 is 4.74 Å². The van der Waals surface area contributed by atoms with Crippen LogP contribution >= 0.6 is 46.6 Å². The molecule has 2 nitrogen and oxygen atoms in total. The lowest BCUT2D eigenvalue weighted by molar-refractivity contribution is 0.258. The lowest BCUT2D eigenvalue weighted by Crippen LogP contribution is -2.15. The molecule has 0 saturated carbocycles. The summed E-state index contributed by atoms with van der Waals surface area (Å²) in [5.41, 5.74) is 0. The molecule has 0 aliphatic carbocycles. The minimum absolute atomic E-state index is 0. The largest absolute Gasteiger partial charge is 0.492 e. The third-order valence-corrected chi connectivity index (χ3v) is 3.66. The van der Waals surface area contributed by atoms with Gasteiger partial charge in [0.05, 0.1) is 10.2 Å². The van der Waals surface area contributed by atoms with E-state index >= 15 is 0 Å². The highest BCUT2D eigenvalue weighted by atomic mass is 127. The monoisotopic (exact) mass is 373 g/mol. The summed E-state index contributed by atoms with van der Waals surface area (Å²) in [7, 11) is 0. The summed E-state index contributed by atoms with van der Waals surface area (Å²) in [6, 6.07) is 5.74. The van der Waals surface area contributed by atoms with Gasteiger partial charge < -0.3 is 10.1 Å². The standard InChI is InChI=1S/C11H13ClINO.ClH/c12-9-1-2-10(13)11(5-9)15-7-8-3-4-14-6-8;/h1-2,5,8,14H,3-4,6-7H2;1H. The second kappa shape index (κ2) is 6.89. The molecule has 0 amide bonds. The average molecular weight is 374 g/mol. The Morgan fingerprint density at radius 2 is 2.31 bits per heavy atom. The Bertz CT molecular complexity index is 343. The lowest BCUT2D eigenvalue weighted by Gasteiger charge is -2.12. The Balaban J connectivity index is 0.00000128. The van der Waals surface area contributed by atoms with Crippen LogP contribution in [0.1, 0.15) is 6.42 Å². The molecule has 1 heterocycles. The van der Waals surface area contributed by atoms with E-state index in [1.165, 1.54) is 6.42 Å². The number of benzene rings is 1. The first-order chi connectivity index (χ1) is 7.25. The predicted molar refractivity (Wildman–Crippen MR) is 77.9 cm³/mol. The van der Waals surface area contributed by atoms with Gasteiger partial charge in [0.25, 0.3) is 0 Å². The van der Waals surface area contributed by atoms with E-state index in [1.54, 1.807) is 0 Å². The van der Waals surface area contributed by atoms with Crippen LogP contribution < -0.4 is 10.1 Å². The summed E-state index contributed by atoms with van der Waals surface area (Å²) < 4.78 is 6.88. The van der Waals surface area contributed by atoms with Crippen LogP contribution in [0.4, 0.5) is 0 Å². The molecule has 16 heavy (non-hydrogen) atoms. The molecule has 1 fully saturated rings. The second-order valence-electron chi connectivity index (χ2n) is 3.74. The van der Waals surface area contributed by atoms with E-state index in [9.17, 15) is 0 Å². The fourth-order valence-corrected chi connectivity index (χ4v) is 2.31. The maximum atomic E-state index is 5.92. The molecular weight excluding hydrogens is 360 g/mol. The van der Waals surface area contributed by atoms with Gasteiger partial charge in [-0.15, -0.1) is 12.4 Å². The highest BCUT2D eigenvalue weighted by molar-refractivity contribution is 14.1. The van der Waals surface area contributed by atoms with Crippen molar-refractivity contribution in [2.75, 3.05) is 19.7 Å². The zero-order chi connectivity index (χ0) is 10.7. The lowest BCUT2D eigenvalue weighted by atomic mass is 10.1. The molecule has 1 aliphatic heterocycles. The molecule has 0 spiro atoms. The van der Waals surface area contributed by atoms with Crippen molar-refractivity contribution in [2.24, 2.45) is 5.92 Å². The van der Waals surface area contributed by atoms with Crippen molar-refractivity contribution in [1.82, 2.24) is 5.32 Å². The van der Waals surface area contributed by atoms with E-state index in [1.807, 2.05) is 18.2 Å². The van der Waals surface area contributed by atoms with Crippen LogP contribution in [0.25, 0.3) is 0 Å². The average Bonchev–Trinajstić information content (AvgIpc) is 2.72. The van der Waals surface area contributed by atoms with Crippen molar-refractivity contribution in [3.63, 3.8) is 0 Å². The molecule has 2 rings (SSSR count). The number of rotatable bonds is 3. The van der Waals surface area contributed by atoms with Gasteiger partial charge in [0, 0.05) is 17.5 Å². The zero-order valence-corrected chi connectivity index (χ0v) is 12.4. The van der Waals surface area contributed by atoms with Crippen molar-refractivity contribution >= 4 is 46.6 Å². The molecule has 1 unspecified atom stereocenters. The highest BCUT2D eigenvalue weighted by Crippen LogP contribution is 2.25. The molecule has 1 N–H and O–H groups in total. The Labute approximate surface area is 121 Å². The van der Waals surface area contributed by atoms with Crippen LogP contribution in [0.5, 0.6) is 5.75 Å². The van der Waals surface area contributed by atoms with Crippen molar-refractivity contribution in [1.29, 1.82) is 0 Å². The normalized spacial score (nSPS) is 19.2. The van der Waals surface area contributed by atoms with E-state index < -0.39 is 0 Å². The summed E-state index contributed by atoms with van der Waals surface area (Å²) in [6.45, 7) is 2.96. The van der Waals surface area contributed by atoms with Gasteiger partial charge in [0.1, 0.15) is 5.75 Å². The summed E-state index contributed by atoms with van der Waals surface area (Å²) in [6.07, 6.45) is 1.21. The first-order valence-electron chi connectivity index (χ1n) is 5.04. The van der Waals surface area contributed by atoms with Crippen LogP contribution in [0.3, 0.4) is 0 Å². The topological polar surface area (TPSA) is 21.3 Å². The Morgan fingerprint density at radius 3 is 3.00 bits per heavy atom. The van der Waals surface area contributed by atoms with Gasteiger partial charge in [-0.25, -0.2) is 0 Å². The van der Waals surface area contributed by atoms with Gasteiger partial charge in [0.2, 0.25) is 0 Å². The maximum Gasteiger partial charge on any atom is 0.134 e. The molecule has 1 atom stereocenters. The first kappa shape index (κ1) is 14.4. The summed E-state index contributed by atoms with van der Waals surface area (Å²) in [5.74, 6) is 1.54. The molecule has 5 heteroatoms. The predicted octanol–water partition coefficient (Wildman–Crippen LogP) is 3.35. The van der Waals surface area contributed by atoms with E-state index in [0.29, 0.717) is 5.92 Å². The Morgan fingerprint density at radius 1 is 1.50 bits per heavy atom. The maximum absolute atomic E-state index is 5.92. The minimum atomic E-state index is 0. The van der Waals surface area contributed by atoms with Crippen molar-refractivity contribution in [2.45, 2.75) is 6.42 Å². The van der Waals surface area contributed by atoms with E-state index in [-0.39, 0.29) is 12.4 Å². The van der Waals surface area contributed by atoms with Gasteiger partial charge in [-0.3, -0.25) is 0 Å². The highest BCUT2D eigenvalue weighted by Gasteiger charge is 2.15. The fourth-order valence-electron chi connectivity index (χ4n) is 1.65. The van der Waals surface area contributed by atoms with Gasteiger partial charge in [-0.05, 0) is 53.8 Å². The van der Waals surface area contributed by atoms with Crippen molar-refractivity contribution in [3.05, 3.63) is 26.8 Å². The second-order valence-corrected chi connectivity index (χ2v) is 5.34. The van der Waals surface area contributed by atoms with Gasteiger partial charge in [-0.2, -0.15) is 0 Å². The summed E-state index contributed by atoms with van der Waals surface area (Å²) in [4.78, 5) is 0. The molecule has 0 radical (unpaired) electrons. The Hall–Kier alpha value is 0.290. The number of halogens is 3. The smallest absolute Gasteiger partial charge is 0.134 e. The molecule has 1 aliphatic rings. The number of nitrogens with one attached hydrogen (secondary N) is 1. The fraction of sp³-hybridized carbons (Fsp3) is 0.455. The molecule has 0 aromatic heterocycles. The summed E-state index contributed by atoms with van der Waals surface area (Å²) >= 11 is 8.18. The third kappa shape index (κ3) is 3.95. The van der Waals surface area contributed by atoms with Gasteiger partial charge in [0.15, 0.2) is 0 Å². The number of hydrogen-bond acceptors (Lipinski definition) is 2. The third-order valence-electron chi connectivity index (χ3n) is 2.53.